The van der Waals surface area contributed by atoms with Crippen LogP contribution in [-0.2, 0) is 19.9 Å². The molecule has 0 amide bonds. The third-order valence-corrected chi connectivity index (χ3v) is 0.942. The fraction of sp³-hybridized carbons (Fsp3) is 0.667. The fourth-order valence-corrected chi connectivity index (χ4v) is 0.447. The molecule has 0 N–H and O–H groups in total. The summed E-state index contributed by atoms with van der Waals surface area (Å²) in [4.78, 5) is 0. The van der Waals surface area contributed by atoms with Crippen molar-refractivity contribution in [2.24, 2.45) is 0 Å². The van der Waals surface area contributed by atoms with Crippen LogP contribution < -0.4 is 59.1 Å². The first-order chi connectivity index (χ1) is 5.93. The van der Waals surface area contributed by atoms with E-state index in [0.29, 0.717) is 12.7 Å². The molecule has 1 aliphatic heterocycles. The van der Waals surface area contributed by atoms with Crippen LogP contribution in [0.5, 0.6) is 0 Å². The van der Waals surface area contributed by atoms with E-state index in [2.05, 4.69) is 6.58 Å². The van der Waals surface area contributed by atoms with E-state index >= 15 is 0 Å². The Morgan fingerprint density at radius 3 is 2.13 bits per heavy atom. The summed E-state index contributed by atoms with van der Waals surface area (Å²) in [5.41, 5.74) is 0. The first kappa shape index (κ1) is 21.8. The maximum atomic E-state index is 8.52. The van der Waals surface area contributed by atoms with Crippen LogP contribution in [0.2, 0.25) is 0 Å². The molecule has 1 aliphatic rings. The van der Waals surface area contributed by atoms with E-state index in [-0.39, 0.29) is 59.1 Å². The normalized spacial score (nSPS) is 17.3. The Kier molecular flexibility index (Phi) is 17.4. The molecule has 0 radical (unpaired) electrons. The zero-order valence-electron chi connectivity index (χ0n) is 8.84. The Bertz CT molecular complexity index is 230. The zero-order chi connectivity index (χ0) is 10.3. The van der Waals surface area contributed by atoms with Crippen molar-refractivity contribution in [1.29, 1.82) is 0 Å². The van der Waals surface area contributed by atoms with Crippen molar-refractivity contribution < 1.29 is 86.1 Å². The van der Waals surface area contributed by atoms with Gasteiger partial charge >= 0.3 is 59.1 Å². The molecule has 1 heterocycles. The number of hydrogen-bond donors (Lipinski definition) is 0. The van der Waals surface area contributed by atoms with Gasteiger partial charge in [-0.25, -0.2) is 0 Å². The molecule has 0 spiro atoms. The Hall–Kier alpha value is 1.53. The fourth-order valence-electron chi connectivity index (χ4n) is 0.447. The zero-order valence-corrected chi connectivity index (χ0v) is 13.7. The third kappa shape index (κ3) is 31.3. The van der Waals surface area contributed by atoms with Crippen molar-refractivity contribution in [3.8, 4) is 0 Å². The molecule has 0 saturated carbocycles. The summed E-state index contributed by atoms with van der Waals surface area (Å²) in [5.74, 6) is 0. The smallest absolute Gasteiger partial charge is 0.759 e. The van der Waals surface area contributed by atoms with Crippen LogP contribution in [0.4, 0.5) is 0 Å². The van der Waals surface area contributed by atoms with E-state index in [4.69, 9.17) is 27.0 Å². The van der Waals surface area contributed by atoms with Gasteiger partial charge < -0.3 is 18.6 Å². The van der Waals surface area contributed by atoms with Gasteiger partial charge in [0.15, 0.2) is 0 Å². The van der Waals surface area contributed by atoms with Gasteiger partial charge in [-0.1, -0.05) is 6.08 Å². The molecule has 78 valence electrons. The summed E-state index contributed by atoms with van der Waals surface area (Å²) >= 11 is 0. The van der Waals surface area contributed by atoms with Crippen molar-refractivity contribution in [3.63, 3.8) is 0 Å². The van der Waals surface area contributed by atoms with Gasteiger partial charge in [-0.05, 0) is 0 Å². The maximum Gasteiger partial charge on any atom is 1.00 e. The van der Waals surface area contributed by atoms with E-state index < -0.39 is 10.4 Å². The average Bonchev–Trinajstić information content (AvgIpc) is 2.68. The first-order valence-corrected chi connectivity index (χ1v) is 4.73. The summed E-state index contributed by atoms with van der Waals surface area (Å²) in [6.07, 6.45) is 2.12. The van der Waals surface area contributed by atoms with E-state index in [1.54, 1.807) is 6.08 Å². The van der Waals surface area contributed by atoms with Gasteiger partial charge in [-0.15, -0.1) is 6.58 Å². The van der Waals surface area contributed by atoms with Crippen molar-refractivity contribution in [3.05, 3.63) is 12.7 Å². The molecule has 0 aromatic rings. The molecule has 9 heteroatoms. The van der Waals surface area contributed by atoms with Crippen LogP contribution in [0.1, 0.15) is 0 Å². The first-order valence-electron chi connectivity index (χ1n) is 3.40. The van der Waals surface area contributed by atoms with Gasteiger partial charge in [0.05, 0.1) is 19.8 Å². The number of rotatable bonds is 4. The summed E-state index contributed by atoms with van der Waals surface area (Å²) < 4.78 is 44.0. The predicted molar refractivity (Wildman–Crippen MR) is 41.2 cm³/mol. The van der Waals surface area contributed by atoms with E-state index in [1.165, 1.54) is 0 Å². The molecule has 6 nitrogen and oxygen atoms in total. The van der Waals surface area contributed by atoms with Crippen molar-refractivity contribution >= 4 is 10.4 Å². The minimum atomic E-state index is -5.17. The molecule has 0 aromatic carbocycles. The van der Waals surface area contributed by atoms with E-state index in [1.807, 2.05) is 0 Å². The van der Waals surface area contributed by atoms with Gasteiger partial charge in [0, 0.05) is 10.4 Å². The minimum Gasteiger partial charge on any atom is -0.759 e. The van der Waals surface area contributed by atoms with Crippen LogP contribution in [0.3, 0.4) is 0 Å². The van der Waals surface area contributed by atoms with E-state index in [9.17, 15) is 0 Å². The van der Waals surface area contributed by atoms with Crippen molar-refractivity contribution in [2.75, 3.05) is 19.8 Å². The minimum absolute atomic E-state index is 0. The standard InChI is InChI=1S/C6H10O2.2Na.H2O4S/c1-2-3-7-4-6-5-8-6;;;1-5(2,3)4/h2,6H,1,3-5H2;;;(H2,1,2,3,4)/q;2*+1;/p-2. The SMILES string of the molecule is C=CCOCC1CO1.O=S(=O)([O-])[O-].[Na+].[Na+]. The largest absolute Gasteiger partial charge is 1.00 e. The number of ether oxygens (including phenoxy) is 2. The van der Waals surface area contributed by atoms with Gasteiger partial charge in [0.2, 0.25) is 0 Å². The monoisotopic (exact) mass is 256 g/mol. The molecule has 1 atom stereocenters. The van der Waals surface area contributed by atoms with Crippen molar-refractivity contribution in [1.82, 2.24) is 0 Å². The summed E-state index contributed by atoms with van der Waals surface area (Å²) in [7, 11) is -5.17. The van der Waals surface area contributed by atoms with Crippen molar-refractivity contribution in [2.45, 2.75) is 6.10 Å². The van der Waals surface area contributed by atoms with Crippen LogP contribution in [0.25, 0.3) is 0 Å². The van der Waals surface area contributed by atoms with Crippen LogP contribution in [0.15, 0.2) is 12.7 Å². The molecule has 0 aromatic heterocycles. The van der Waals surface area contributed by atoms with Gasteiger partial charge in [0.1, 0.15) is 6.10 Å². The van der Waals surface area contributed by atoms with E-state index in [0.717, 1.165) is 13.2 Å². The third-order valence-electron chi connectivity index (χ3n) is 0.942. The maximum absolute atomic E-state index is 8.52. The van der Waals surface area contributed by atoms with Gasteiger partial charge in [-0.3, -0.25) is 8.42 Å². The Balaban J connectivity index is -0.000000185. The molecule has 1 fully saturated rings. The van der Waals surface area contributed by atoms with Gasteiger partial charge in [-0.2, -0.15) is 0 Å². The molecule has 1 saturated heterocycles. The Morgan fingerprint density at radius 1 is 1.47 bits per heavy atom. The second kappa shape index (κ2) is 12.0. The van der Waals surface area contributed by atoms with Crippen LogP contribution in [0, 0.1) is 0 Å². The predicted octanol–water partition coefficient (Wildman–Crippen LogP) is -6.74. The number of epoxide rings is 1. The second-order valence-corrected chi connectivity index (χ2v) is 3.01. The van der Waals surface area contributed by atoms with Gasteiger partial charge in [0.25, 0.3) is 0 Å². The average molecular weight is 256 g/mol. The Labute approximate surface area is 134 Å². The molecule has 1 rings (SSSR count). The summed E-state index contributed by atoms with van der Waals surface area (Å²) in [5, 5.41) is 0. The molecular weight excluding hydrogens is 246 g/mol. The molecule has 1 unspecified atom stereocenters. The molecule has 0 aliphatic carbocycles. The summed E-state index contributed by atoms with van der Waals surface area (Å²) in [6, 6.07) is 0. The molecule has 15 heavy (non-hydrogen) atoms. The Morgan fingerprint density at radius 2 is 1.87 bits per heavy atom. The quantitative estimate of drug-likeness (QED) is 0.124. The molecule has 0 bridgehead atoms. The molecular formula is C6H10Na2O6S. The number of hydrogen-bond acceptors (Lipinski definition) is 6. The topological polar surface area (TPSA) is 102 Å². The van der Waals surface area contributed by atoms with Crippen LogP contribution >= 0.6 is 0 Å². The van der Waals surface area contributed by atoms with Crippen LogP contribution in [-0.4, -0.2) is 43.4 Å². The second-order valence-electron chi connectivity index (χ2n) is 2.19. The summed E-state index contributed by atoms with van der Waals surface area (Å²) in [6.45, 7) is 5.75.